The third-order valence-corrected chi connectivity index (χ3v) is 6.87. The summed E-state index contributed by atoms with van der Waals surface area (Å²) < 4.78 is 16.2. The van der Waals surface area contributed by atoms with Crippen LogP contribution in [-0.2, 0) is 14.2 Å². The van der Waals surface area contributed by atoms with Crippen molar-refractivity contribution in [3.05, 3.63) is 0 Å². The summed E-state index contributed by atoms with van der Waals surface area (Å²) in [6.45, 7) is 6.86. The van der Waals surface area contributed by atoms with Gasteiger partial charge in [0, 0.05) is 25.3 Å². The lowest BCUT2D eigenvalue weighted by molar-refractivity contribution is -0.0135. The molecule has 0 saturated heterocycles. The molecule has 6 heteroatoms. The molecule has 2 amide bonds. The number of amides is 2. The molecule has 0 aliphatic heterocycles. The van der Waals surface area contributed by atoms with Crippen molar-refractivity contribution in [2.45, 2.75) is 76.7 Å². The molecule has 6 nitrogen and oxygen atoms in total. The van der Waals surface area contributed by atoms with Gasteiger partial charge < -0.3 is 24.8 Å². The van der Waals surface area contributed by atoms with Crippen LogP contribution < -0.4 is 10.6 Å². The highest BCUT2D eigenvalue weighted by molar-refractivity contribution is 5.74. The third-order valence-electron chi connectivity index (χ3n) is 6.87. The molecule has 4 bridgehead atoms. The van der Waals surface area contributed by atoms with Crippen LogP contribution in [0.15, 0.2) is 0 Å². The lowest BCUT2D eigenvalue weighted by Gasteiger charge is -2.56. The van der Waals surface area contributed by atoms with Crippen LogP contribution in [0.2, 0.25) is 0 Å². The average Bonchev–Trinajstić information content (AvgIpc) is 2.67. The summed E-state index contributed by atoms with van der Waals surface area (Å²) >= 11 is 0. The minimum atomic E-state index is 0.0552. The van der Waals surface area contributed by atoms with Crippen molar-refractivity contribution in [3.63, 3.8) is 0 Å². The highest BCUT2D eigenvalue weighted by atomic mass is 16.5. The fourth-order valence-electron chi connectivity index (χ4n) is 6.02. The van der Waals surface area contributed by atoms with E-state index in [1.54, 1.807) is 0 Å². The van der Waals surface area contributed by atoms with E-state index < -0.39 is 0 Å². The summed E-state index contributed by atoms with van der Waals surface area (Å²) in [5.74, 6) is 2.60. The second kappa shape index (κ2) is 12.1. The molecule has 0 radical (unpaired) electrons. The van der Waals surface area contributed by atoms with Crippen molar-refractivity contribution >= 4 is 6.03 Å². The molecule has 4 aliphatic carbocycles. The van der Waals surface area contributed by atoms with Crippen LogP contribution in [0.1, 0.15) is 71.1 Å². The summed E-state index contributed by atoms with van der Waals surface area (Å²) in [5, 5.41) is 6.47. The van der Waals surface area contributed by atoms with Crippen molar-refractivity contribution in [1.82, 2.24) is 10.6 Å². The zero-order valence-electron chi connectivity index (χ0n) is 18.4. The van der Waals surface area contributed by atoms with E-state index in [1.807, 2.05) is 6.92 Å². The van der Waals surface area contributed by atoms with Crippen LogP contribution >= 0.6 is 0 Å². The Morgan fingerprint density at radius 2 is 1.34 bits per heavy atom. The maximum atomic E-state index is 12.4. The molecule has 0 unspecified atom stereocenters. The Balaban J connectivity index is 1.12. The number of carbonyl (C=O) groups is 1. The molecular formula is C23H42N2O4. The Labute approximate surface area is 176 Å². The fourth-order valence-corrected chi connectivity index (χ4v) is 6.02. The first-order valence-corrected chi connectivity index (χ1v) is 12.0. The van der Waals surface area contributed by atoms with E-state index in [-0.39, 0.29) is 11.6 Å². The lowest BCUT2D eigenvalue weighted by atomic mass is 9.53. The van der Waals surface area contributed by atoms with Gasteiger partial charge in [0.25, 0.3) is 0 Å². The number of hydrogen-bond acceptors (Lipinski definition) is 4. The predicted octanol–water partition coefficient (Wildman–Crippen LogP) is 3.88. The van der Waals surface area contributed by atoms with E-state index in [2.05, 4.69) is 10.6 Å². The molecule has 4 aliphatic rings. The maximum absolute atomic E-state index is 12.4. The maximum Gasteiger partial charge on any atom is 0.315 e. The van der Waals surface area contributed by atoms with Crippen molar-refractivity contribution in [2.75, 3.05) is 46.2 Å². The first-order valence-electron chi connectivity index (χ1n) is 12.0. The van der Waals surface area contributed by atoms with Crippen molar-refractivity contribution in [3.8, 4) is 0 Å². The van der Waals surface area contributed by atoms with Crippen LogP contribution in [-0.4, -0.2) is 57.8 Å². The molecule has 4 fully saturated rings. The Hall–Kier alpha value is -0.850. The Morgan fingerprint density at radius 1 is 0.793 bits per heavy atom. The monoisotopic (exact) mass is 410 g/mol. The Bertz CT molecular complexity index is 450. The highest BCUT2D eigenvalue weighted by Gasteiger charge is 2.51. The van der Waals surface area contributed by atoms with E-state index in [0.29, 0.717) is 26.4 Å². The summed E-state index contributed by atoms with van der Waals surface area (Å²) in [6.07, 6.45) is 12.2. The highest BCUT2D eigenvalue weighted by Crippen LogP contribution is 2.55. The van der Waals surface area contributed by atoms with Gasteiger partial charge in [-0.3, -0.25) is 0 Å². The molecule has 2 N–H and O–H groups in total. The predicted molar refractivity (Wildman–Crippen MR) is 114 cm³/mol. The van der Waals surface area contributed by atoms with Crippen molar-refractivity contribution < 1.29 is 19.0 Å². The van der Waals surface area contributed by atoms with Gasteiger partial charge in [0.2, 0.25) is 0 Å². The normalized spacial score (nSPS) is 29.9. The third kappa shape index (κ3) is 7.72. The van der Waals surface area contributed by atoms with E-state index in [0.717, 1.165) is 63.2 Å². The van der Waals surface area contributed by atoms with E-state index in [1.165, 1.54) is 38.5 Å². The molecule has 0 atom stereocenters. The summed E-state index contributed by atoms with van der Waals surface area (Å²) in [6, 6.07) is 0.0552. The summed E-state index contributed by atoms with van der Waals surface area (Å²) in [5.41, 5.74) is 0.114. The van der Waals surface area contributed by atoms with Gasteiger partial charge in [0.05, 0.1) is 26.4 Å². The van der Waals surface area contributed by atoms with Gasteiger partial charge in [-0.2, -0.15) is 0 Å². The van der Waals surface area contributed by atoms with E-state index in [4.69, 9.17) is 14.2 Å². The lowest BCUT2D eigenvalue weighted by Crippen LogP contribution is -2.61. The fraction of sp³-hybridized carbons (Fsp3) is 0.957. The molecule has 0 heterocycles. The van der Waals surface area contributed by atoms with Gasteiger partial charge in [-0.05, 0) is 76.0 Å². The van der Waals surface area contributed by atoms with Gasteiger partial charge in [-0.15, -0.1) is 0 Å². The van der Waals surface area contributed by atoms with E-state index >= 15 is 0 Å². The number of rotatable bonds is 15. The largest absolute Gasteiger partial charge is 0.379 e. The number of unbranched alkanes of at least 4 members (excludes halogenated alkanes) is 3. The zero-order valence-corrected chi connectivity index (χ0v) is 18.4. The van der Waals surface area contributed by atoms with Gasteiger partial charge in [-0.25, -0.2) is 4.79 Å². The van der Waals surface area contributed by atoms with Gasteiger partial charge in [-0.1, -0.05) is 12.8 Å². The molecule has 0 spiro atoms. The number of carbonyl (C=O) groups excluding carboxylic acids is 1. The van der Waals surface area contributed by atoms with Gasteiger partial charge >= 0.3 is 6.03 Å². The standard InChI is InChI=1S/C23H42N2O4/c1-2-27-9-10-29-12-11-28-8-6-4-3-5-7-24-22(26)25-23-16-19-13-20(17-23)15-21(14-19)18-23/h19-21H,2-18H2,1H3,(H2,24,25,26). The summed E-state index contributed by atoms with van der Waals surface area (Å²) in [4.78, 5) is 12.4. The smallest absolute Gasteiger partial charge is 0.315 e. The molecule has 168 valence electrons. The molecule has 4 saturated carbocycles. The molecule has 0 aromatic carbocycles. The minimum Gasteiger partial charge on any atom is -0.379 e. The minimum absolute atomic E-state index is 0.0552. The van der Waals surface area contributed by atoms with Crippen LogP contribution in [0.5, 0.6) is 0 Å². The Morgan fingerprint density at radius 3 is 1.97 bits per heavy atom. The molecule has 4 rings (SSSR count). The van der Waals surface area contributed by atoms with Gasteiger partial charge in [0.1, 0.15) is 0 Å². The topological polar surface area (TPSA) is 68.8 Å². The van der Waals surface area contributed by atoms with Gasteiger partial charge in [0.15, 0.2) is 0 Å². The summed E-state index contributed by atoms with van der Waals surface area (Å²) in [7, 11) is 0. The van der Waals surface area contributed by atoms with E-state index in [9.17, 15) is 4.79 Å². The Kier molecular flexibility index (Phi) is 9.53. The number of hydrogen-bond donors (Lipinski definition) is 2. The molecular weight excluding hydrogens is 368 g/mol. The zero-order chi connectivity index (χ0) is 20.4. The van der Waals surface area contributed by atoms with Crippen LogP contribution in [0.3, 0.4) is 0 Å². The first kappa shape index (κ1) is 22.8. The quantitative estimate of drug-likeness (QED) is 0.402. The van der Waals surface area contributed by atoms with Crippen molar-refractivity contribution in [1.29, 1.82) is 0 Å². The molecule has 29 heavy (non-hydrogen) atoms. The second-order valence-electron chi connectivity index (χ2n) is 9.41. The molecule has 0 aromatic rings. The van der Waals surface area contributed by atoms with Crippen molar-refractivity contribution in [2.24, 2.45) is 17.8 Å². The average molecular weight is 411 g/mol. The number of ether oxygens (including phenoxy) is 3. The van der Waals surface area contributed by atoms with Crippen LogP contribution in [0.4, 0.5) is 4.79 Å². The SMILES string of the molecule is CCOCCOCCOCCCCCCNC(=O)NC12CC3CC(CC(C3)C1)C2. The first-order chi connectivity index (χ1) is 14.2. The molecule has 0 aromatic heterocycles. The number of urea groups is 1. The van der Waals surface area contributed by atoms with Crippen LogP contribution in [0, 0.1) is 17.8 Å². The second-order valence-corrected chi connectivity index (χ2v) is 9.41. The number of nitrogens with one attached hydrogen (secondary N) is 2. The van der Waals surface area contributed by atoms with Crippen LogP contribution in [0.25, 0.3) is 0 Å².